The van der Waals surface area contributed by atoms with Crippen LogP contribution in [0.4, 0.5) is 5.82 Å². The first-order valence-electron chi connectivity index (χ1n) is 5.67. The molecule has 2 heterocycles. The van der Waals surface area contributed by atoms with Crippen molar-refractivity contribution in [3.05, 3.63) is 18.3 Å². The van der Waals surface area contributed by atoms with E-state index in [4.69, 9.17) is 10.6 Å². The third-order valence-corrected chi connectivity index (χ3v) is 2.77. The van der Waals surface area contributed by atoms with Crippen LogP contribution in [0, 0.1) is 0 Å². The standard InChI is InChI=1S/C11H18N4O/c12-14-11-10(4-3-5-13-11)16-9-8-15-6-1-2-7-15/h3-5H,1-2,6-9,12H2,(H,13,14). The molecule has 0 aliphatic carbocycles. The van der Waals surface area contributed by atoms with E-state index in [1.807, 2.05) is 12.1 Å². The van der Waals surface area contributed by atoms with Crippen LogP contribution in [-0.2, 0) is 0 Å². The second-order valence-electron chi connectivity index (χ2n) is 3.89. The number of anilines is 1. The predicted molar refractivity (Wildman–Crippen MR) is 63.2 cm³/mol. The molecule has 0 unspecified atom stereocenters. The van der Waals surface area contributed by atoms with Crippen molar-refractivity contribution < 1.29 is 4.74 Å². The molecule has 3 N–H and O–H groups in total. The number of ether oxygens (including phenoxy) is 1. The molecular weight excluding hydrogens is 204 g/mol. The maximum atomic E-state index is 5.64. The fourth-order valence-electron chi connectivity index (χ4n) is 1.91. The van der Waals surface area contributed by atoms with Crippen molar-refractivity contribution in [3.8, 4) is 5.75 Å². The van der Waals surface area contributed by atoms with E-state index in [2.05, 4.69) is 15.3 Å². The number of aromatic nitrogens is 1. The molecule has 0 saturated carbocycles. The average Bonchev–Trinajstić information content (AvgIpc) is 2.83. The minimum atomic E-state index is 0.587. The number of nitrogens with zero attached hydrogens (tertiary/aromatic N) is 2. The van der Waals surface area contributed by atoms with E-state index < -0.39 is 0 Å². The Labute approximate surface area is 95.6 Å². The van der Waals surface area contributed by atoms with E-state index in [0.29, 0.717) is 18.2 Å². The fourth-order valence-corrected chi connectivity index (χ4v) is 1.91. The summed E-state index contributed by atoms with van der Waals surface area (Å²) < 4.78 is 5.64. The zero-order valence-corrected chi connectivity index (χ0v) is 9.35. The van der Waals surface area contributed by atoms with Crippen LogP contribution in [0.3, 0.4) is 0 Å². The first kappa shape index (κ1) is 11.2. The Hall–Kier alpha value is -1.33. The van der Waals surface area contributed by atoms with Crippen molar-refractivity contribution >= 4 is 5.82 Å². The summed E-state index contributed by atoms with van der Waals surface area (Å²) in [6.45, 7) is 4.04. The number of hydrogen-bond acceptors (Lipinski definition) is 5. The van der Waals surface area contributed by atoms with E-state index in [-0.39, 0.29) is 0 Å². The second-order valence-corrected chi connectivity index (χ2v) is 3.89. The monoisotopic (exact) mass is 222 g/mol. The van der Waals surface area contributed by atoms with Gasteiger partial charge in [-0.2, -0.15) is 0 Å². The number of hydrogen-bond donors (Lipinski definition) is 2. The largest absolute Gasteiger partial charge is 0.488 e. The van der Waals surface area contributed by atoms with Gasteiger partial charge in [-0.05, 0) is 38.1 Å². The smallest absolute Gasteiger partial charge is 0.182 e. The Morgan fingerprint density at radius 1 is 1.44 bits per heavy atom. The van der Waals surface area contributed by atoms with Gasteiger partial charge in [0.25, 0.3) is 0 Å². The lowest BCUT2D eigenvalue weighted by Gasteiger charge is -2.15. The molecule has 0 amide bonds. The van der Waals surface area contributed by atoms with Crippen molar-refractivity contribution in [2.24, 2.45) is 5.84 Å². The van der Waals surface area contributed by atoms with E-state index >= 15 is 0 Å². The summed E-state index contributed by atoms with van der Waals surface area (Å²) >= 11 is 0. The molecule has 0 aromatic carbocycles. The summed E-state index contributed by atoms with van der Waals surface area (Å²) in [6.07, 6.45) is 4.30. The van der Waals surface area contributed by atoms with Crippen LogP contribution in [-0.4, -0.2) is 36.1 Å². The Morgan fingerprint density at radius 3 is 3.00 bits per heavy atom. The van der Waals surface area contributed by atoms with Crippen LogP contribution in [0.5, 0.6) is 5.75 Å². The van der Waals surface area contributed by atoms with E-state index in [1.165, 1.54) is 25.9 Å². The molecular formula is C11H18N4O. The van der Waals surface area contributed by atoms with Gasteiger partial charge >= 0.3 is 0 Å². The normalized spacial score (nSPS) is 16.3. The molecule has 0 radical (unpaired) electrons. The van der Waals surface area contributed by atoms with E-state index in [0.717, 1.165) is 6.54 Å². The van der Waals surface area contributed by atoms with Crippen molar-refractivity contribution in [2.45, 2.75) is 12.8 Å². The number of nitrogens with two attached hydrogens (primary N) is 1. The Morgan fingerprint density at radius 2 is 2.25 bits per heavy atom. The molecule has 1 aliphatic heterocycles. The van der Waals surface area contributed by atoms with Gasteiger partial charge in [-0.1, -0.05) is 0 Å². The fraction of sp³-hybridized carbons (Fsp3) is 0.545. The van der Waals surface area contributed by atoms with Crippen molar-refractivity contribution in [2.75, 3.05) is 31.7 Å². The molecule has 88 valence electrons. The van der Waals surface area contributed by atoms with E-state index in [9.17, 15) is 0 Å². The molecule has 1 fully saturated rings. The molecule has 0 atom stereocenters. The lowest BCUT2D eigenvalue weighted by molar-refractivity contribution is 0.238. The van der Waals surface area contributed by atoms with Crippen LogP contribution >= 0.6 is 0 Å². The Bertz CT molecular complexity index is 326. The maximum absolute atomic E-state index is 5.64. The molecule has 0 spiro atoms. The van der Waals surface area contributed by atoms with E-state index in [1.54, 1.807) is 6.20 Å². The van der Waals surface area contributed by atoms with Crippen LogP contribution in [0.15, 0.2) is 18.3 Å². The highest BCUT2D eigenvalue weighted by atomic mass is 16.5. The average molecular weight is 222 g/mol. The van der Waals surface area contributed by atoms with Crippen LogP contribution in [0.2, 0.25) is 0 Å². The first-order chi connectivity index (χ1) is 7.90. The van der Waals surface area contributed by atoms with Gasteiger partial charge in [0, 0.05) is 12.7 Å². The van der Waals surface area contributed by atoms with Gasteiger partial charge in [0.05, 0.1) is 0 Å². The maximum Gasteiger partial charge on any atom is 0.182 e. The number of hydrazine groups is 1. The van der Waals surface area contributed by atoms with Gasteiger partial charge in [0.15, 0.2) is 11.6 Å². The quantitative estimate of drug-likeness (QED) is 0.571. The van der Waals surface area contributed by atoms with Gasteiger partial charge in [-0.15, -0.1) is 0 Å². The second kappa shape index (κ2) is 5.67. The third-order valence-electron chi connectivity index (χ3n) is 2.77. The zero-order chi connectivity index (χ0) is 11.2. The summed E-state index contributed by atoms with van der Waals surface area (Å²) in [5.41, 5.74) is 2.52. The van der Waals surface area contributed by atoms with Crippen molar-refractivity contribution in [1.82, 2.24) is 9.88 Å². The van der Waals surface area contributed by atoms with Gasteiger partial charge < -0.3 is 10.2 Å². The lowest BCUT2D eigenvalue weighted by Crippen LogP contribution is -2.25. The van der Waals surface area contributed by atoms with Gasteiger partial charge in [0.1, 0.15) is 6.61 Å². The predicted octanol–water partition coefficient (Wildman–Crippen LogP) is 0.842. The molecule has 1 saturated heterocycles. The highest BCUT2D eigenvalue weighted by molar-refractivity contribution is 5.48. The SMILES string of the molecule is NNc1ncccc1OCCN1CCCC1. The highest BCUT2D eigenvalue weighted by Crippen LogP contribution is 2.19. The van der Waals surface area contributed by atoms with Gasteiger partial charge in [-0.3, -0.25) is 4.90 Å². The molecule has 1 aromatic rings. The number of likely N-dealkylation sites (tertiary alicyclic amines) is 1. The summed E-state index contributed by atoms with van der Waals surface area (Å²) in [7, 11) is 0. The molecule has 5 heteroatoms. The summed E-state index contributed by atoms with van der Waals surface area (Å²) in [5, 5.41) is 0. The summed E-state index contributed by atoms with van der Waals surface area (Å²) in [6, 6.07) is 3.71. The van der Waals surface area contributed by atoms with Crippen LogP contribution < -0.4 is 16.0 Å². The minimum absolute atomic E-state index is 0.587. The number of pyridine rings is 1. The highest BCUT2D eigenvalue weighted by Gasteiger charge is 2.11. The molecule has 1 aliphatic rings. The first-order valence-corrected chi connectivity index (χ1v) is 5.67. The van der Waals surface area contributed by atoms with Gasteiger partial charge in [-0.25, -0.2) is 10.8 Å². The molecule has 2 rings (SSSR count). The molecule has 1 aromatic heterocycles. The van der Waals surface area contributed by atoms with Crippen molar-refractivity contribution in [3.63, 3.8) is 0 Å². The molecule has 0 bridgehead atoms. The number of nitrogen functional groups attached to an aromatic ring is 1. The zero-order valence-electron chi connectivity index (χ0n) is 9.35. The minimum Gasteiger partial charge on any atom is -0.488 e. The Balaban J connectivity index is 1.79. The molecule has 5 nitrogen and oxygen atoms in total. The van der Waals surface area contributed by atoms with Crippen molar-refractivity contribution in [1.29, 1.82) is 0 Å². The van der Waals surface area contributed by atoms with Gasteiger partial charge in [0.2, 0.25) is 0 Å². The lowest BCUT2D eigenvalue weighted by atomic mass is 10.4. The van der Waals surface area contributed by atoms with Crippen LogP contribution in [0.1, 0.15) is 12.8 Å². The number of rotatable bonds is 5. The summed E-state index contributed by atoms with van der Waals surface area (Å²) in [5.74, 6) is 6.64. The Kier molecular flexibility index (Phi) is 3.96. The topological polar surface area (TPSA) is 63.4 Å². The third kappa shape index (κ3) is 2.84. The van der Waals surface area contributed by atoms with Crippen LogP contribution in [0.25, 0.3) is 0 Å². The molecule has 16 heavy (non-hydrogen) atoms. The number of nitrogens with one attached hydrogen (secondary N) is 1. The summed E-state index contributed by atoms with van der Waals surface area (Å²) in [4.78, 5) is 6.48.